The number of carbonyl (C=O) groups is 2. The van der Waals surface area contributed by atoms with Gasteiger partial charge in [-0.25, -0.2) is 4.79 Å². The topological polar surface area (TPSA) is 98.1 Å². The Balaban J connectivity index is 2.43. The first-order valence-electron chi connectivity index (χ1n) is 6.44. The molecule has 1 aromatic carbocycles. The first kappa shape index (κ1) is 14.2. The Morgan fingerprint density at radius 1 is 1.20 bits per heavy atom. The van der Waals surface area contributed by atoms with Crippen LogP contribution in [0, 0.1) is 0 Å². The molecule has 0 radical (unpaired) electrons. The lowest BCUT2D eigenvalue weighted by atomic mass is 9.87. The molecule has 3 N–H and O–H groups in total. The number of benzene rings is 1. The van der Waals surface area contributed by atoms with Gasteiger partial charge in [0.25, 0.3) is 5.91 Å². The van der Waals surface area contributed by atoms with Gasteiger partial charge in [-0.05, 0) is 38.3 Å². The Kier molecular flexibility index (Phi) is 3.57. The van der Waals surface area contributed by atoms with Crippen LogP contribution >= 0.6 is 0 Å². The fourth-order valence-electron chi connectivity index (χ4n) is 2.55. The van der Waals surface area contributed by atoms with E-state index in [0.29, 0.717) is 12.8 Å². The number of piperidine rings is 1. The summed E-state index contributed by atoms with van der Waals surface area (Å²) in [4.78, 5) is 25.2. The van der Waals surface area contributed by atoms with Crippen LogP contribution in [-0.2, 0) is 4.79 Å². The van der Waals surface area contributed by atoms with Crippen molar-refractivity contribution in [2.75, 3.05) is 6.54 Å². The quantitative estimate of drug-likeness (QED) is 0.763. The van der Waals surface area contributed by atoms with Gasteiger partial charge in [0.15, 0.2) is 0 Å². The number of carboxylic acids is 1. The summed E-state index contributed by atoms with van der Waals surface area (Å²) in [5.74, 6) is -2.45. The second-order valence-electron chi connectivity index (χ2n) is 5.16. The van der Waals surface area contributed by atoms with Gasteiger partial charge in [0.05, 0.1) is 0 Å². The van der Waals surface area contributed by atoms with Crippen LogP contribution in [0.25, 0.3) is 0 Å². The molecule has 1 aliphatic heterocycles. The summed E-state index contributed by atoms with van der Waals surface area (Å²) >= 11 is 0. The molecule has 20 heavy (non-hydrogen) atoms. The molecule has 1 heterocycles. The number of likely N-dealkylation sites (tertiary alicyclic amines) is 1. The maximum absolute atomic E-state index is 12.5. The van der Waals surface area contributed by atoms with Crippen molar-refractivity contribution >= 4 is 11.9 Å². The van der Waals surface area contributed by atoms with Crippen LogP contribution in [-0.4, -0.2) is 44.2 Å². The monoisotopic (exact) mass is 279 g/mol. The van der Waals surface area contributed by atoms with E-state index in [-0.39, 0.29) is 23.6 Å². The first-order valence-corrected chi connectivity index (χ1v) is 6.44. The number of carbonyl (C=O) groups excluding carboxylic acids is 1. The number of amides is 1. The highest BCUT2D eigenvalue weighted by Crippen LogP contribution is 2.34. The highest BCUT2D eigenvalue weighted by molar-refractivity contribution is 6.02. The molecule has 0 aromatic heterocycles. The average Bonchev–Trinajstić information content (AvgIpc) is 2.38. The zero-order chi connectivity index (χ0) is 14.9. The predicted molar refractivity (Wildman–Crippen MR) is 70.7 cm³/mol. The highest BCUT2D eigenvalue weighted by atomic mass is 16.4. The minimum absolute atomic E-state index is 0.248. The van der Waals surface area contributed by atoms with Crippen LogP contribution in [0.1, 0.15) is 36.5 Å². The molecule has 108 valence electrons. The van der Waals surface area contributed by atoms with Crippen molar-refractivity contribution in [2.45, 2.75) is 31.7 Å². The predicted octanol–water partition coefficient (Wildman–Crippen LogP) is 1.57. The number of hydrogen-bond acceptors (Lipinski definition) is 4. The summed E-state index contributed by atoms with van der Waals surface area (Å²) < 4.78 is 0. The van der Waals surface area contributed by atoms with Crippen molar-refractivity contribution in [3.63, 3.8) is 0 Å². The van der Waals surface area contributed by atoms with Gasteiger partial charge in [-0.3, -0.25) is 4.79 Å². The number of phenolic OH excluding ortho intramolecular Hbond substituents is 2. The summed E-state index contributed by atoms with van der Waals surface area (Å²) in [5, 5.41) is 28.9. The Labute approximate surface area is 116 Å². The average molecular weight is 279 g/mol. The third kappa shape index (κ3) is 2.17. The number of nitrogens with zero attached hydrogens (tertiary/aromatic N) is 1. The van der Waals surface area contributed by atoms with Crippen LogP contribution in [0.2, 0.25) is 0 Å². The standard InChI is InChI=1S/C14H17NO5/c1-14(13(19)20)7-2-3-8-15(14)12(18)11-9(16)5-4-6-10(11)17/h4-6,16-17H,2-3,7-8H2,1H3,(H,19,20). The molecule has 0 aliphatic carbocycles. The largest absolute Gasteiger partial charge is 0.507 e. The van der Waals surface area contributed by atoms with Gasteiger partial charge < -0.3 is 20.2 Å². The lowest BCUT2D eigenvalue weighted by Gasteiger charge is -2.41. The summed E-state index contributed by atoms with van der Waals surface area (Å²) in [6.45, 7) is 1.78. The van der Waals surface area contributed by atoms with Gasteiger partial charge in [0, 0.05) is 6.54 Å². The minimum Gasteiger partial charge on any atom is -0.507 e. The molecule has 6 nitrogen and oxygen atoms in total. The first-order chi connectivity index (χ1) is 9.38. The molecular formula is C14H17NO5. The van der Waals surface area contributed by atoms with Crippen molar-refractivity contribution in [1.29, 1.82) is 0 Å². The van der Waals surface area contributed by atoms with Gasteiger partial charge >= 0.3 is 5.97 Å². The molecule has 0 saturated carbocycles. The summed E-state index contributed by atoms with van der Waals surface area (Å²) in [6, 6.07) is 3.98. The van der Waals surface area contributed by atoms with E-state index < -0.39 is 17.4 Å². The van der Waals surface area contributed by atoms with E-state index in [1.54, 1.807) is 0 Å². The Morgan fingerprint density at radius 3 is 2.35 bits per heavy atom. The molecule has 1 amide bonds. The van der Waals surface area contributed by atoms with Gasteiger partial charge in [0.2, 0.25) is 0 Å². The normalized spacial score (nSPS) is 22.6. The van der Waals surface area contributed by atoms with E-state index in [2.05, 4.69) is 0 Å². The summed E-state index contributed by atoms with van der Waals surface area (Å²) in [7, 11) is 0. The van der Waals surface area contributed by atoms with Gasteiger partial charge in [-0.1, -0.05) is 6.07 Å². The van der Waals surface area contributed by atoms with Gasteiger partial charge in [-0.2, -0.15) is 0 Å². The second kappa shape index (κ2) is 5.03. The smallest absolute Gasteiger partial charge is 0.329 e. The maximum Gasteiger partial charge on any atom is 0.329 e. The molecule has 1 atom stereocenters. The lowest BCUT2D eigenvalue weighted by Crippen LogP contribution is -2.57. The fourth-order valence-corrected chi connectivity index (χ4v) is 2.55. The number of aliphatic carboxylic acids is 1. The van der Waals surface area contributed by atoms with E-state index >= 15 is 0 Å². The van der Waals surface area contributed by atoms with E-state index in [9.17, 15) is 24.9 Å². The maximum atomic E-state index is 12.5. The van der Waals surface area contributed by atoms with E-state index in [0.717, 1.165) is 6.42 Å². The molecule has 1 saturated heterocycles. The van der Waals surface area contributed by atoms with Crippen LogP contribution in [0.3, 0.4) is 0 Å². The number of hydrogen-bond donors (Lipinski definition) is 3. The van der Waals surface area contributed by atoms with Crippen molar-refractivity contribution in [2.24, 2.45) is 0 Å². The SMILES string of the molecule is CC1(C(=O)O)CCCCN1C(=O)c1c(O)cccc1O. The van der Waals surface area contributed by atoms with Gasteiger partial charge in [-0.15, -0.1) is 0 Å². The zero-order valence-corrected chi connectivity index (χ0v) is 11.2. The summed E-state index contributed by atoms with van der Waals surface area (Å²) in [5.41, 5.74) is -1.56. The molecule has 1 aromatic rings. The fraction of sp³-hybridized carbons (Fsp3) is 0.429. The van der Waals surface area contributed by atoms with Gasteiger partial charge in [0.1, 0.15) is 22.6 Å². The second-order valence-corrected chi connectivity index (χ2v) is 5.16. The van der Waals surface area contributed by atoms with Crippen LogP contribution in [0.4, 0.5) is 0 Å². The Bertz CT molecular complexity index is 536. The van der Waals surface area contributed by atoms with Crippen LogP contribution in [0.15, 0.2) is 18.2 Å². The Morgan fingerprint density at radius 2 is 1.80 bits per heavy atom. The third-order valence-corrected chi connectivity index (χ3v) is 3.83. The summed E-state index contributed by atoms with van der Waals surface area (Å²) in [6.07, 6.45) is 1.77. The Hall–Kier alpha value is -2.24. The molecule has 6 heteroatoms. The zero-order valence-electron chi connectivity index (χ0n) is 11.2. The molecule has 1 fully saturated rings. The number of aromatic hydroxyl groups is 2. The lowest BCUT2D eigenvalue weighted by molar-refractivity contribution is -0.150. The molecule has 2 rings (SSSR count). The molecular weight excluding hydrogens is 262 g/mol. The van der Waals surface area contributed by atoms with Crippen molar-refractivity contribution in [3.05, 3.63) is 23.8 Å². The minimum atomic E-state index is -1.32. The van der Waals surface area contributed by atoms with Crippen molar-refractivity contribution < 1.29 is 24.9 Å². The van der Waals surface area contributed by atoms with Crippen LogP contribution in [0.5, 0.6) is 11.5 Å². The van der Waals surface area contributed by atoms with E-state index in [1.165, 1.54) is 30.0 Å². The number of carboxylic acid groups (broad SMARTS) is 1. The highest BCUT2D eigenvalue weighted by Gasteiger charge is 2.45. The number of rotatable bonds is 2. The van der Waals surface area contributed by atoms with Crippen molar-refractivity contribution in [1.82, 2.24) is 4.90 Å². The molecule has 1 unspecified atom stereocenters. The van der Waals surface area contributed by atoms with E-state index in [4.69, 9.17) is 0 Å². The van der Waals surface area contributed by atoms with Crippen LogP contribution < -0.4 is 0 Å². The molecule has 0 spiro atoms. The molecule has 1 aliphatic rings. The van der Waals surface area contributed by atoms with Crippen molar-refractivity contribution in [3.8, 4) is 11.5 Å². The van der Waals surface area contributed by atoms with E-state index in [1.807, 2.05) is 0 Å². The molecule has 0 bridgehead atoms. The third-order valence-electron chi connectivity index (χ3n) is 3.83. The number of phenols is 2.